The Morgan fingerprint density at radius 1 is 0.897 bits per heavy atom. The number of rotatable bonds is 11. The number of amides is 1. The Labute approximate surface area is 235 Å². The van der Waals surface area contributed by atoms with Gasteiger partial charge in [0.05, 0.1) is 18.0 Å². The second-order valence-corrected chi connectivity index (χ2v) is 13.0. The van der Waals surface area contributed by atoms with Crippen LogP contribution < -0.4 is 0 Å². The van der Waals surface area contributed by atoms with Gasteiger partial charge in [-0.3, -0.25) is 4.79 Å². The summed E-state index contributed by atoms with van der Waals surface area (Å²) in [4.78, 5) is 19.4. The quantitative estimate of drug-likeness (QED) is 0.242. The van der Waals surface area contributed by atoms with Crippen LogP contribution in [-0.4, -0.2) is 61.2 Å². The number of sulfonamides is 1. The number of benzene rings is 3. The zero-order valence-corrected chi connectivity index (χ0v) is 24.0. The Bertz CT molecular complexity index is 1510. The summed E-state index contributed by atoms with van der Waals surface area (Å²) < 4.78 is 29.8. The Morgan fingerprint density at radius 3 is 2.36 bits per heavy atom. The van der Waals surface area contributed by atoms with Gasteiger partial charge < -0.3 is 9.80 Å². The van der Waals surface area contributed by atoms with E-state index in [1.807, 2.05) is 73.0 Å². The van der Waals surface area contributed by atoms with Gasteiger partial charge in [-0.2, -0.15) is 4.31 Å². The summed E-state index contributed by atoms with van der Waals surface area (Å²) in [6, 6.07) is 24.8. The number of aryl methyl sites for hydroxylation is 1. The minimum Gasteiger partial charge on any atom is -0.332 e. The minimum absolute atomic E-state index is 0.197. The van der Waals surface area contributed by atoms with Crippen LogP contribution in [0.25, 0.3) is 10.8 Å². The van der Waals surface area contributed by atoms with E-state index in [1.165, 1.54) is 4.31 Å². The highest BCUT2D eigenvalue weighted by Gasteiger charge is 2.31. The molecule has 0 aliphatic carbocycles. The van der Waals surface area contributed by atoms with Gasteiger partial charge in [0.2, 0.25) is 15.9 Å². The van der Waals surface area contributed by atoms with Crippen molar-refractivity contribution in [2.24, 2.45) is 0 Å². The fourth-order valence-electron chi connectivity index (χ4n) is 5.13. The molecule has 0 spiro atoms. The van der Waals surface area contributed by atoms with Crippen molar-refractivity contribution in [2.75, 3.05) is 32.7 Å². The third kappa shape index (κ3) is 6.58. The fourth-order valence-corrected chi connectivity index (χ4v) is 7.65. The van der Waals surface area contributed by atoms with Gasteiger partial charge in [-0.1, -0.05) is 66.7 Å². The molecule has 8 heteroatoms. The first-order chi connectivity index (χ1) is 18.9. The van der Waals surface area contributed by atoms with E-state index in [-0.39, 0.29) is 23.9 Å². The van der Waals surface area contributed by atoms with Gasteiger partial charge in [-0.15, -0.1) is 11.3 Å². The number of hydrogen-bond donors (Lipinski definition) is 0. The lowest BCUT2D eigenvalue weighted by atomic mass is 10.1. The van der Waals surface area contributed by atoms with Crippen molar-refractivity contribution in [2.45, 2.75) is 37.8 Å². The van der Waals surface area contributed by atoms with Gasteiger partial charge in [-0.25, -0.2) is 8.42 Å². The van der Waals surface area contributed by atoms with E-state index in [9.17, 15) is 13.2 Å². The van der Waals surface area contributed by atoms with Gasteiger partial charge in [-0.05, 0) is 66.9 Å². The molecule has 0 saturated carbocycles. The van der Waals surface area contributed by atoms with Gasteiger partial charge in [0.15, 0.2) is 0 Å². The molecule has 0 bridgehead atoms. The van der Waals surface area contributed by atoms with Crippen LogP contribution in [0.15, 0.2) is 89.1 Å². The van der Waals surface area contributed by atoms with Crippen LogP contribution in [0, 0.1) is 6.92 Å². The summed E-state index contributed by atoms with van der Waals surface area (Å²) in [5.41, 5.74) is 2.15. The molecule has 1 aliphatic heterocycles. The highest BCUT2D eigenvalue weighted by Crippen LogP contribution is 2.27. The monoisotopic (exact) mass is 561 g/mol. The first-order valence-electron chi connectivity index (χ1n) is 13.5. The summed E-state index contributed by atoms with van der Waals surface area (Å²) in [5, 5.41) is 3.57. The average molecular weight is 562 g/mol. The molecule has 1 amide bonds. The molecule has 39 heavy (non-hydrogen) atoms. The molecule has 204 valence electrons. The molecule has 5 rings (SSSR count). The maximum atomic E-state index is 14.2. The molecule has 4 aromatic rings. The summed E-state index contributed by atoms with van der Waals surface area (Å²) in [7, 11) is -3.93. The van der Waals surface area contributed by atoms with E-state index in [0.717, 1.165) is 47.3 Å². The molecule has 6 nitrogen and oxygen atoms in total. The fraction of sp³-hybridized carbons (Fsp3) is 0.323. The highest BCUT2D eigenvalue weighted by atomic mass is 32.2. The third-order valence-electron chi connectivity index (χ3n) is 7.41. The van der Waals surface area contributed by atoms with Crippen LogP contribution in [0.2, 0.25) is 0 Å². The van der Waals surface area contributed by atoms with Crippen LogP contribution in [0.1, 0.15) is 28.8 Å². The number of fused-ring (bicyclic) bond motifs is 1. The minimum atomic E-state index is -3.93. The molecule has 1 aliphatic rings. The third-order valence-corrected chi connectivity index (χ3v) is 10.3. The van der Waals surface area contributed by atoms with Crippen molar-refractivity contribution in [3.8, 4) is 0 Å². The lowest BCUT2D eigenvalue weighted by molar-refractivity contribution is -0.132. The largest absolute Gasteiger partial charge is 0.332 e. The van der Waals surface area contributed by atoms with Crippen LogP contribution in [0.5, 0.6) is 0 Å². The molecule has 1 aromatic heterocycles. The summed E-state index contributed by atoms with van der Waals surface area (Å²) in [6.07, 6.45) is 2.25. The van der Waals surface area contributed by atoms with Gasteiger partial charge in [0.25, 0.3) is 0 Å². The lowest BCUT2D eigenvalue weighted by Crippen LogP contribution is -2.45. The Kier molecular flexibility index (Phi) is 8.77. The number of thiophene rings is 1. The molecular formula is C31H35N3O3S2. The molecule has 0 atom stereocenters. The van der Waals surface area contributed by atoms with Crippen molar-refractivity contribution in [3.63, 3.8) is 0 Å². The van der Waals surface area contributed by atoms with Crippen molar-refractivity contribution >= 4 is 38.0 Å². The van der Waals surface area contributed by atoms with E-state index >= 15 is 0 Å². The summed E-state index contributed by atoms with van der Waals surface area (Å²) in [6.45, 7) is 5.54. The number of likely N-dealkylation sites (tertiary alicyclic amines) is 1. The highest BCUT2D eigenvalue weighted by molar-refractivity contribution is 7.89. The number of hydrogen-bond acceptors (Lipinski definition) is 5. The van der Waals surface area contributed by atoms with E-state index in [1.54, 1.807) is 28.4 Å². The van der Waals surface area contributed by atoms with E-state index in [2.05, 4.69) is 11.0 Å². The van der Waals surface area contributed by atoms with Crippen molar-refractivity contribution in [1.82, 2.24) is 14.1 Å². The Morgan fingerprint density at radius 2 is 1.62 bits per heavy atom. The molecule has 0 N–H and O–H groups in total. The molecule has 1 saturated heterocycles. The molecular weight excluding hydrogens is 526 g/mol. The normalized spacial score (nSPS) is 14.3. The molecule has 2 heterocycles. The maximum Gasteiger partial charge on any atom is 0.244 e. The van der Waals surface area contributed by atoms with Crippen molar-refractivity contribution in [1.29, 1.82) is 0 Å². The lowest BCUT2D eigenvalue weighted by Gasteiger charge is -2.29. The molecule has 1 fully saturated rings. The van der Waals surface area contributed by atoms with Gasteiger partial charge in [0, 0.05) is 29.9 Å². The topological polar surface area (TPSA) is 60.9 Å². The van der Waals surface area contributed by atoms with Crippen LogP contribution in [-0.2, 0) is 27.9 Å². The first-order valence-corrected chi connectivity index (χ1v) is 15.8. The Hall–Kier alpha value is -3.04. The van der Waals surface area contributed by atoms with Crippen molar-refractivity contribution in [3.05, 3.63) is 100 Å². The maximum absolute atomic E-state index is 14.2. The van der Waals surface area contributed by atoms with Gasteiger partial charge >= 0.3 is 0 Å². The smallest absolute Gasteiger partial charge is 0.244 e. The van der Waals surface area contributed by atoms with Crippen molar-refractivity contribution < 1.29 is 13.2 Å². The average Bonchev–Trinajstić information content (AvgIpc) is 3.62. The zero-order chi connectivity index (χ0) is 27.2. The summed E-state index contributed by atoms with van der Waals surface area (Å²) >= 11 is 1.62. The molecule has 0 radical (unpaired) electrons. The number of nitrogens with zero attached hydrogens (tertiary/aromatic N) is 3. The van der Waals surface area contributed by atoms with E-state index in [4.69, 9.17) is 0 Å². The van der Waals surface area contributed by atoms with Gasteiger partial charge in [0.1, 0.15) is 0 Å². The molecule has 0 unspecified atom stereocenters. The van der Waals surface area contributed by atoms with Crippen LogP contribution in [0.4, 0.5) is 0 Å². The van der Waals surface area contributed by atoms with Crippen LogP contribution >= 0.6 is 11.3 Å². The van der Waals surface area contributed by atoms with E-state index in [0.29, 0.717) is 25.0 Å². The van der Waals surface area contributed by atoms with Crippen LogP contribution in [0.3, 0.4) is 0 Å². The predicted octanol–water partition coefficient (Wildman–Crippen LogP) is 5.53. The number of carbonyl (C=O) groups is 1. The zero-order valence-electron chi connectivity index (χ0n) is 22.3. The van der Waals surface area contributed by atoms with E-state index < -0.39 is 10.0 Å². The second-order valence-electron chi connectivity index (χ2n) is 10.1. The number of carbonyl (C=O) groups excluding carboxylic acids is 1. The summed E-state index contributed by atoms with van der Waals surface area (Å²) in [5.74, 6) is -0.197. The SMILES string of the molecule is Cc1ccsc1CN(Cc1ccccc1)C(=O)CN(CCN1CCCC1)S(=O)(=O)c1cccc2ccccc12. The second kappa shape index (κ2) is 12.4. The standard InChI is InChI=1S/C31H35N3O3S2/c1-25-16-21-38-29(25)23-33(22-26-10-3-2-4-11-26)31(35)24-34(20-19-32-17-7-8-18-32)39(36,37)30-15-9-13-27-12-5-6-14-28(27)30/h2-6,9-16,21H,7-8,17-20,22-24H2,1H3. The first kappa shape index (κ1) is 27.5. The predicted molar refractivity (Wildman–Crippen MR) is 158 cm³/mol. The Balaban J connectivity index is 1.45. The molecule has 3 aromatic carbocycles.